The Morgan fingerprint density at radius 2 is 1.51 bits per heavy atom. The van der Waals surface area contributed by atoms with Gasteiger partial charge in [-0.25, -0.2) is 9.97 Å². The van der Waals surface area contributed by atoms with Crippen molar-refractivity contribution in [1.29, 1.82) is 0 Å². The topological polar surface area (TPSA) is 64.6 Å². The van der Waals surface area contributed by atoms with E-state index in [-0.39, 0.29) is 5.91 Å². The summed E-state index contributed by atoms with van der Waals surface area (Å²) in [5, 5.41) is 2.99. The highest BCUT2D eigenvalue weighted by Crippen LogP contribution is 2.22. The van der Waals surface area contributed by atoms with Crippen molar-refractivity contribution in [1.82, 2.24) is 20.2 Å². The van der Waals surface area contributed by atoms with Crippen LogP contribution >= 0.6 is 0 Å². The zero-order chi connectivity index (χ0) is 25.6. The largest absolute Gasteiger partial charge is 0.368 e. The van der Waals surface area contributed by atoms with E-state index >= 15 is 0 Å². The second kappa shape index (κ2) is 11.4. The highest BCUT2D eigenvalue weighted by atomic mass is 16.1. The first-order valence-electron chi connectivity index (χ1n) is 12.9. The monoisotopic (exact) mass is 494 g/mol. The summed E-state index contributed by atoms with van der Waals surface area (Å²) in [4.78, 5) is 29.0. The van der Waals surface area contributed by atoms with Crippen LogP contribution in [0.2, 0.25) is 0 Å². The SMILES string of the molecule is Cc1ccc(N2CCN(c3ccc4nc(C(=O)NCCN(C)Cc5ccccc5)ccc4n3)CC2)cc1. The number of anilines is 2. The summed E-state index contributed by atoms with van der Waals surface area (Å²) in [6.45, 7) is 8.04. The van der Waals surface area contributed by atoms with Gasteiger partial charge in [-0.15, -0.1) is 0 Å². The van der Waals surface area contributed by atoms with Crippen molar-refractivity contribution in [3.63, 3.8) is 0 Å². The van der Waals surface area contributed by atoms with E-state index in [2.05, 4.69) is 75.4 Å². The van der Waals surface area contributed by atoms with E-state index in [0.29, 0.717) is 12.2 Å². The van der Waals surface area contributed by atoms with Crippen molar-refractivity contribution >= 4 is 28.4 Å². The van der Waals surface area contributed by atoms with Crippen molar-refractivity contribution in [2.75, 3.05) is 56.1 Å². The maximum atomic E-state index is 12.7. The number of rotatable bonds is 8. The minimum atomic E-state index is -0.161. The number of hydrogen-bond donors (Lipinski definition) is 1. The standard InChI is InChI=1S/C30H34N6O/c1-23-8-10-25(11-9-23)35-18-20-36(21-19-35)29-15-14-26-27(33-29)12-13-28(32-26)30(37)31-16-17-34(2)22-24-6-4-3-5-7-24/h3-15H,16-22H2,1-2H3,(H,31,37). The molecule has 1 N–H and O–H groups in total. The molecular weight excluding hydrogens is 460 g/mol. The van der Waals surface area contributed by atoms with Crippen molar-refractivity contribution in [2.24, 2.45) is 0 Å². The van der Waals surface area contributed by atoms with Crippen molar-refractivity contribution in [2.45, 2.75) is 13.5 Å². The number of benzene rings is 2. The number of carbonyl (C=O) groups excluding carboxylic acids is 1. The molecule has 0 radical (unpaired) electrons. The average molecular weight is 495 g/mol. The molecule has 4 aromatic rings. The van der Waals surface area contributed by atoms with Crippen LogP contribution in [0, 0.1) is 6.92 Å². The summed E-state index contributed by atoms with van der Waals surface area (Å²) >= 11 is 0. The normalized spacial score (nSPS) is 13.8. The van der Waals surface area contributed by atoms with Gasteiger partial charge in [0.05, 0.1) is 11.0 Å². The Morgan fingerprint density at radius 3 is 2.27 bits per heavy atom. The summed E-state index contributed by atoms with van der Waals surface area (Å²) in [6.07, 6.45) is 0. The van der Waals surface area contributed by atoms with Gasteiger partial charge < -0.3 is 20.0 Å². The number of amides is 1. The fourth-order valence-electron chi connectivity index (χ4n) is 4.68. The first-order chi connectivity index (χ1) is 18.0. The molecule has 0 unspecified atom stereocenters. The molecule has 5 rings (SSSR count). The second-order valence-corrected chi connectivity index (χ2v) is 9.69. The first-order valence-corrected chi connectivity index (χ1v) is 12.9. The second-order valence-electron chi connectivity index (χ2n) is 9.69. The smallest absolute Gasteiger partial charge is 0.269 e. The van der Waals surface area contributed by atoms with E-state index in [1.807, 2.05) is 36.4 Å². The number of pyridine rings is 2. The van der Waals surface area contributed by atoms with Gasteiger partial charge in [-0.2, -0.15) is 0 Å². The minimum Gasteiger partial charge on any atom is -0.368 e. The zero-order valence-electron chi connectivity index (χ0n) is 21.6. The highest BCUT2D eigenvalue weighted by molar-refractivity contribution is 5.94. The third-order valence-electron chi connectivity index (χ3n) is 6.84. The summed E-state index contributed by atoms with van der Waals surface area (Å²) in [5.41, 5.74) is 5.76. The molecule has 2 aromatic carbocycles. The van der Waals surface area contributed by atoms with Crippen LogP contribution < -0.4 is 15.1 Å². The van der Waals surface area contributed by atoms with E-state index in [0.717, 1.165) is 56.1 Å². The number of hydrogen-bond acceptors (Lipinski definition) is 6. The van der Waals surface area contributed by atoms with Gasteiger partial charge >= 0.3 is 0 Å². The van der Waals surface area contributed by atoms with Crippen molar-refractivity contribution < 1.29 is 4.79 Å². The lowest BCUT2D eigenvalue weighted by Crippen LogP contribution is -2.46. The molecule has 0 bridgehead atoms. The molecule has 1 aliphatic rings. The Morgan fingerprint density at radius 1 is 0.838 bits per heavy atom. The number of carbonyl (C=O) groups is 1. The van der Waals surface area contributed by atoms with Gasteiger partial charge in [0.1, 0.15) is 11.5 Å². The third kappa shape index (κ3) is 6.24. The molecule has 0 atom stereocenters. The quantitative estimate of drug-likeness (QED) is 0.398. The van der Waals surface area contributed by atoms with Crippen LogP contribution in [0.3, 0.4) is 0 Å². The van der Waals surface area contributed by atoms with Crippen molar-refractivity contribution in [3.8, 4) is 0 Å². The van der Waals surface area contributed by atoms with E-state index < -0.39 is 0 Å². The molecule has 0 spiro atoms. The minimum absolute atomic E-state index is 0.161. The molecular formula is C30H34N6O. The Bertz CT molecular complexity index is 1330. The molecule has 3 heterocycles. The molecule has 2 aromatic heterocycles. The number of aromatic nitrogens is 2. The van der Waals surface area contributed by atoms with Crippen LogP contribution in [0.5, 0.6) is 0 Å². The van der Waals surface area contributed by atoms with E-state index in [9.17, 15) is 4.79 Å². The molecule has 0 saturated carbocycles. The first kappa shape index (κ1) is 24.7. The van der Waals surface area contributed by atoms with Crippen LogP contribution in [0.25, 0.3) is 11.0 Å². The average Bonchev–Trinajstić information content (AvgIpc) is 2.93. The molecule has 1 aliphatic heterocycles. The molecule has 7 nitrogen and oxygen atoms in total. The summed E-state index contributed by atoms with van der Waals surface area (Å²) in [6, 6.07) is 26.7. The Hall–Kier alpha value is -3.97. The lowest BCUT2D eigenvalue weighted by molar-refractivity contribution is 0.0945. The van der Waals surface area contributed by atoms with Gasteiger partial charge in [0.2, 0.25) is 0 Å². The number of nitrogens with one attached hydrogen (secondary N) is 1. The van der Waals surface area contributed by atoms with Crippen LogP contribution in [0.1, 0.15) is 21.6 Å². The molecule has 1 saturated heterocycles. The fourth-order valence-corrected chi connectivity index (χ4v) is 4.68. The fraction of sp³-hybridized carbons (Fsp3) is 0.300. The molecule has 0 aliphatic carbocycles. The number of likely N-dealkylation sites (N-methyl/N-ethyl adjacent to an activating group) is 1. The van der Waals surface area contributed by atoms with Crippen LogP contribution in [0.4, 0.5) is 11.5 Å². The maximum Gasteiger partial charge on any atom is 0.269 e. The molecule has 1 fully saturated rings. The van der Waals surface area contributed by atoms with Crippen molar-refractivity contribution in [3.05, 3.63) is 95.7 Å². The summed E-state index contributed by atoms with van der Waals surface area (Å²) in [5.74, 6) is 0.794. The highest BCUT2D eigenvalue weighted by Gasteiger charge is 2.19. The van der Waals surface area contributed by atoms with E-state index in [4.69, 9.17) is 4.98 Å². The number of nitrogens with zero attached hydrogens (tertiary/aromatic N) is 5. The van der Waals surface area contributed by atoms with Gasteiger partial charge in [-0.3, -0.25) is 4.79 Å². The van der Waals surface area contributed by atoms with E-state index in [1.165, 1.54) is 16.8 Å². The number of piperazine rings is 1. The zero-order valence-corrected chi connectivity index (χ0v) is 21.6. The Balaban J connectivity index is 1.14. The van der Waals surface area contributed by atoms with Gasteiger partial charge in [-0.05, 0) is 55.9 Å². The number of aryl methyl sites for hydroxylation is 1. The Labute approximate surface area is 218 Å². The molecule has 7 heteroatoms. The summed E-state index contributed by atoms with van der Waals surface area (Å²) in [7, 11) is 2.05. The lowest BCUT2D eigenvalue weighted by atomic mass is 10.2. The van der Waals surface area contributed by atoms with Gasteiger partial charge in [0.25, 0.3) is 5.91 Å². The van der Waals surface area contributed by atoms with Gasteiger partial charge in [0.15, 0.2) is 0 Å². The van der Waals surface area contributed by atoms with Crippen LogP contribution in [0.15, 0.2) is 78.9 Å². The number of fused-ring (bicyclic) bond motifs is 1. The predicted molar refractivity (Wildman–Crippen MR) is 150 cm³/mol. The van der Waals surface area contributed by atoms with Crippen LogP contribution in [-0.4, -0.2) is 67.1 Å². The molecule has 190 valence electrons. The molecule has 1 amide bonds. The van der Waals surface area contributed by atoms with E-state index in [1.54, 1.807) is 6.07 Å². The Kier molecular flexibility index (Phi) is 7.61. The van der Waals surface area contributed by atoms with Crippen LogP contribution in [-0.2, 0) is 6.54 Å². The van der Waals surface area contributed by atoms with Gasteiger partial charge in [-0.1, -0.05) is 48.0 Å². The summed E-state index contributed by atoms with van der Waals surface area (Å²) < 4.78 is 0. The molecule has 37 heavy (non-hydrogen) atoms. The van der Waals surface area contributed by atoms with Gasteiger partial charge in [0, 0.05) is 51.5 Å². The predicted octanol–water partition coefficient (Wildman–Crippen LogP) is 4.13. The maximum absolute atomic E-state index is 12.7. The lowest BCUT2D eigenvalue weighted by Gasteiger charge is -2.36. The third-order valence-corrected chi connectivity index (χ3v) is 6.84.